The van der Waals surface area contributed by atoms with Crippen LogP contribution >= 0.6 is 0 Å². The van der Waals surface area contributed by atoms with Gasteiger partial charge in [0.2, 0.25) is 0 Å². The van der Waals surface area contributed by atoms with Crippen molar-refractivity contribution >= 4 is 12.1 Å². The minimum atomic E-state index is -1.22. The van der Waals surface area contributed by atoms with E-state index in [2.05, 4.69) is 0 Å². The fourth-order valence-electron chi connectivity index (χ4n) is 2.60. The molecule has 0 aliphatic heterocycles. The van der Waals surface area contributed by atoms with Gasteiger partial charge in [-0.1, -0.05) is 0 Å². The third-order valence-corrected chi connectivity index (χ3v) is 4.19. The molecular formula is C21H19F5O4. The molecule has 0 N–H and O–H groups in total. The number of rotatable bonds is 12. The molecule has 4 nitrogen and oxygen atoms in total. The molecule has 0 saturated heterocycles. The Morgan fingerprint density at radius 1 is 0.867 bits per heavy atom. The third-order valence-electron chi connectivity index (χ3n) is 4.19. The van der Waals surface area contributed by atoms with Gasteiger partial charge in [0, 0.05) is 24.6 Å². The molecule has 0 bridgehead atoms. The zero-order valence-electron chi connectivity index (χ0n) is 15.8. The summed E-state index contributed by atoms with van der Waals surface area (Å²) >= 11 is 0. The Labute approximate surface area is 169 Å². The van der Waals surface area contributed by atoms with E-state index in [1.165, 1.54) is 6.07 Å². The molecular weight excluding hydrogens is 411 g/mol. The van der Waals surface area contributed by atoms with Crippen LogP contribution in [0.15, 0.2) is 30.3 Å². The maximum atomic E-state index is 13.5. The molecule has 162 valence electrons. The van der Waals surface area contributed by atoms with E-state index >= 15 is 0 Å². The van der Waals surface area contributed by atoms with Crippen molar-refractivity contribution in [2.45, 2.75) is 25.7 Å². The molecule has 2 aromatic rings. The lowest BCUT2D eigenvalue weighted by Gasteiger charge is -2.12. The zero-order chi connectivity index (χ0) is 22.1. The van der Waals surface area contributed by atoms with Crippen molar-refractivity contribution in [1.29, 1.82) is 0 Å². The van der Waals surface area contributed by atoms with E-state index < -0.39 is 40.8 Å². The summed E-state index contributed by atoms with van der Waals surface area (Å²) in [6.07, 6.45) is 1.21. The summed E-state index contributed by atoms with van der Waals surface area (Å²) in [5, 5.41) is 0. The second-order valence-electron chi connectivity index (χ2n) is 6.43. The lowest BCUT2D eigenvalue weighted by molar-refractivity contribution is -0.128. The smallest absolute Gasteiger partial charge is 0.190 e. The summed E-state index contributed by atoms with van der Waals surface area (Å²) in [5.41, 5.74) is 0. The molecule has 9 heteroatoms. The lowest BCUT2D eigenvalue weighted by atomic mass is 9.98. The van der Waals surface area contributed by atoms with Gasteiger partial charge in [-0.05, 0) is 31.4 Å². The van der Waals surface area contributed by atoms with Gasteiger partial charge < -0.3 is 14.3 Å². The first-order chi connectivity index (χ1) is 14.3. The van der Waals surface area contributed by atoms with Crippen molar-refractivity contribution in [3.8, 4) is 11.5 Å². The number of halogens is 5. The first kappa shape index (κ1) is 23.3. The molecule has 0 heterocycles. The highest BCUT2D eigenvalue weighted by Gasteiger charge is 2.19. The minimum Gasteiger partial charge on any atom is -0.493 e. The van der Waals surface area contributed by atoms with Gasteiger partial charge in [-0.25, -0.2) is 22.0 Å². The van der Waals surface area contributed by atoms with E-state index in [1.54, 1.807) is 0 Å². The van der Waals surface area contributed by atoms with Crippen molar-refractivity contribution in [2.24, 2.45) is 5.92 Å². The van der Waals surface area contributed by atoms with Crippen LogP contribution in [0.1, 0.15) is 25.7 Å². The Bertz CT molecular complexity index is 865. The SMILES string of the molecule is O=CC(CCOc1c(F)cc(F)cc1F)C(=O)CCCCOc1ccc(F)c(F)c1. The molecule has 1 unspecified atom stereocenters. The molecule has 0 aliphatic rings. The lowest BCUT2D eigenvalue weighted by Crippen LogP contribution is -2.19. The standard InChI is InChI=1S/C21H19F5O4/c22-14-9-18(25)21(19(26)10-14)30-8-6-13(12-27)20(28)3-1-2-7-29-15-4-5-16(23)17(24)11-15/h4-5,9-13H,1-3,6-8H2. The van der Waals surface area contributed by atoms with Crippen LogP contribution in [0.3, 0.4) is 0 Å². The van der Waals surface area contributed by atoms with Gasteiger partial charge in [0.15, 0.2) is 29.0 Å². The van der Waals surface area contributed by atoms with E-state index in [-0.39, 0.29) is 37.6 Å². The zero-order valence-corrected chi connectivity index (χ0v) is 15.8. The van der Waals surface area contributed by atoms with Gasteiger partial charge in [-0.15, -0.1) is 0 Å². The van der Waals surface area contributed by atoms with Crippen molar-refractivity contribution < 1.29 is 41.0 Å². The Hall–Kier alpha value is -2.97. The number of unbranched alkanes of at least 4 members (excludes halogenated alkanes) is 1. The number of aldehydes is 1. The molecule has 0 saturated carbocycles. The van der Waals surface area contributed by atoms with Crippen LogP contribution in [-0.2, 0) is 9.59 Å². The Balaban J connectivity index is 1.70. The molecule has 0 spiro atoms. The topological polar surface area (TPSA) is 52.6 Å². The summed E-state index contributed by atoms with van der Waals surface area (Å²) in [5.74, 6) is -7.55. The van der Waals surface area contributed by atoms with Crippen molar-refractivity contribution in [1.82, 2.24) is 0 Å². The first-order valence-electron chi connectivity index (χ1n) is 9.15. The molecule has 0 aliphatic carbocycles. The second kappa shape index (κ2) is 11.3. The number of carbonyl (C=O) groups excluding carboxylic acids is 2. The van der Waals surface area contributed by atoms with Crippen LogP contribution < -0.4 is 9.47 Å². The molecule has 30 heavy (non-hydrogen) atoms. The minimum absolute atomic E-state index is 0.0593. The van der Waals surface area contributed by atoms with Crippen molar-refractivity contribution in [2.75, 3.05) is 13.2 Å². The van der Waals surface area contributed by atoms with Gasteiger partial charge in [-0.3, -0.25) is 4.79 Å². The van der Waals surface area contributed by atoms with Gasteiger partial charge in [-0.2, -0.15) is 0 Å². The normalized spacial score (nSPS) is 11.8. The molecule has 0 fully saturated rings. The van der Waals surface area contributed by atoms with E-state index in [0.29, 0.717) is 31.3 Å². The van der Waals surface area contributed by atoms with Crippen molar-refractivity contribution in [3.63, 3.8) is 0 Å². The highest BCUT2D eigenvalue weighted by molar-refractivity contribution is 5.93. The summed E-state index contributed by atoms with van der Waals surface area (Å²) in [4.78, 5) is 23.2. The molecule has 2 rings (SSSR count). The number of hydrogen-bond acceptors (Lipinski definition) is 4. The highest BCUT2D eigenvalue weighted by atomic mass is 19.2. The van der Waals surface area contributed by atoms with Crippen LogP contribution in [0, 0.1) is 35.0 Å². The fourth-order valence-corrected chi connectivity index (χ4v) is 2.60. The highest BCUT2D eigenvalue weighted by Crippen LogP contribution is 2.23. The number of Topliss-reactive ketones (excluding diaryl/α,β-unsaturated/α-hetero) is 1. The summed E-state index contributed by atoms with van der Waals surface area (Å²) in [6, 6.07) is 4.05. The number of carbonyl (C=O) groups is 2. The van der Waals surface area contributed by atoms with E-state index in [9.17, 15) is 31.5 Å². The average molecular weight is 430 g/mol. The van der Waals surface area contributed by atoms with Crippen LogP contribution in [0.2, 0.25) is 0 Å². The maximum absolute atomic E-state index is 13.5. The van der Waals surface area contributed by atoms with Crippen LogP contribution in [0.25, 0.3) is 0 Å². The van der Waals surface area contributed by atoms with E-state index in [4.69, 9.17) is 9.47 Å². The Morgan fingerprint density at radius 3 is 2.20 bits per heavy atom. The van der Waals surface area contributed by atoms with Crippen LogP contribution in [0.4, 0.5) is 22.0 Å². The number of hydrogen-bond donors (Lipinski definition) is 0. The average Bonchev–Trinajstić information content (AvgIpc) is 2.69. The van der Waals surface area contributed by atoms with Crippen LogP contribution in [-0.4, -0.2) is 25.3 Å². The van der Waals surface area contributed by atoms with Gasteiger partial charge in [0.25, 0.3) is 0 Å². The molecule has 2 aromatic carbocycles. The monoisotopic (exact) mass is 430 g/mol. The number of ether oxygens (including phenoxy) is 2. The molecule has 0 aromatic heterocycles. The fraction of sp³-hybridized carbons (Fsp3) is 0.333. The number of benzene rings is 2. The molecule has 0 radical (unpaired) electrons. The maximum Gasteiger partial charge on any atom is 0.190 e. The number of ketones is 1. The summed E-state index contributed by atoms with van der Waals surface area (Å²) < 4.78 is 75.9. The van der Waals surface area contributed by atoms with Crippen molar-refractivity contribution in [3.05, 3.63) is 59.4 Å². The quantitative estimate of drug-likeness (QED) is 0.210. The van der Waals surface area contributed by atoms with E-state index in [1.807, 2.05) is 0 Å². The second-order valence-corrected chi connectivity index (χ2v) is 6.43. The molecule has 1 atom stereocenters. The van der Waals surface area contributed by atoms with Gasteiger partial charge >= 0.3 is 0 Å². The predicted molar refractivity (Wildman–Crippen MR) is 96.7 cm³/mol. The first-order valence-corrected chi connectivity index (χ1v) is 9.15. The third kappa shape index (κ3) is 6.82. The summed E-state index contributed by atoms with van der Waals surface area (Å²) in [7, 11) is 0. The van der Waals surface area contributed by atoms with Crippen LogP contribution in [0.5, 0.6) is 11.5 Å². The largest absolute Gasteiger partial charge is 0.493 e. The van der Waals surface area contributed by atoms with E-state index in [0.717, 1.165) is 12.1 Å². The van der Waals surface area contributed by atoms with Gasteiger partial charge in [0.1, 0.15) is 23.6 Å². The summed E-state index contributed by atoms with van der Waals surface area (Å²) in [6.45, 7) is -0.149. The Morgan fingerprint density at radius 2 is 1.57 bits per heavy atom. The Kier molecular flexibility index (Phi) is 8.76. The molecule has 0 amide bonds. The van der Waals surface area contributed by atoms with Gasteiger partial charge in [0.05, 0.1) is 19.1 Å². The predicted octanol–water partition coefficient (Wildman–Crippen LogP) is 4.78.